The van der Waals surface area contributed by atoms with Gasteiger partial charge in [0.25, 0.3) is 5.91 Å². The third-order valence-electron chi connectivity index (χ3n) is 5.23. The number of nitrogens with zero attached hydrogens (tertiary/aromatic N) is 6. The van der Waals surface area contributed by atoms with Crippen LogP contribution in [0.3, 0.4) is 0 Å². The summed E-state index contributed by atoms with van der Waals surface area (Å²) in [5.74, 6) is 5.37. The molecular weight excluding hydrogens is 487 g/mol. The second-order valence-electron chi connectivity index (χ2n) is 8.20. The number of halogens is 3. The molecule has 4 rings (SSSR count). The van der Waals surface area contributed by atoms with Gasteiger partial charge in [-0.05, 0) is 36.4 Å². The molecule has 0 unspecified atom stereocenters. The van der Waals surface area contributed by atoms with E-state index in [1.807, 2.05) is 6.07 Å². The number of aromatic nitrogens is 4. The maximum atomic E-state index is 13.7. The van der Waals surface area contributed by atoms with Crippen LogP contribution >= 0.6 is 0 Å². The average Bonchev–Trinajstić information content (AvgIpc) is 3.44. The van der Waals surface area contributed by atoms with E-state index in [1.54, 1.807) is 37.4 Å². The van der Waals surface area contributed by atoms with Gasteiger partial charge in [0.2, 0.25) is 0 Å². The molecule has 13 heteroatoms. The molecule has 0 saturated heterocycles. The number of nitrogens with two attached hydrogens (primary N) is 2. The van der Waals surface area contributed by atoms with Gasteiger partial charge in [0, 0.05) is 37.5 Å². The molecule has 0 bridgehead atoms. The summed E-state index contributed by atoms with van der Waals surface area (Å²) in [5, 5.41) is 16.3. The van der Waals surface area contributed by atoms with Crippen LogP contribution in [-0.4, -0.2) is 43.5 Å². The van der Waals surface area contributed by atoms with Crippen molar-refractivity contribution in [1.29, 1.82) is 0 Å². The topological polar surface area (TPSA) is 132 Å². The Hall–Kier alpha value is -4.65. The molecule has 2 aromatic heterocycles. The molecule has 0 aliphatic heterocycles. The quantitative estimate of drug-likeness (QED) is 0.151. The monoisotopic (exact) mass is 511 g/mol. The summed E-state index contributed by atoms with van der Waals surface area (Å²) in [5.41, 5.74) is 6.07. The Labute approximate surface area is 209 Å². The number of carbonyl (C=O) groups is 1. The molecule has 0 saturated carbocycles. The molecule has 4 aromatic rings. The fourth-order valence-corrected chi connectivity index (χ4v) is 3.69. The van der Waals surface area contributed by atoms with Crippen molar-refractivity contribution >= 4 is 17.6 Å². The minimum Gasteiger partial charge on any atom is -0.385 e. The number of carbonyl (C=O) groups excluding carboxylic acids is 1. The maximum Gasteiger partial charge on any atom is 0.417 e. The highest BCUT2D eigenvalue weighted by atomic mass is 19.4. The summed E-state index contributed by atoms with van der Waals surface area (Å²) >= 11 is 0. The molecule has 0 aliphatic carbocycles. The molecule has 5 N–H and O–H groups in total. The van der Waals surface area contributed by atoms with E-state index in [4.69, 9.17) is 11.6 Å². The third-order valence-corrected chi connectivity index (χ3v) is 5.23. The number of hydrazone groups is 1. The Morgan fingerprint density at radius 3 is 2.46 bits per heavy atom. The number of benzene rings is 2. The zero-order valence-electron chi connectivity index (χ0n) is 19.9. The van der Waals surface area contributed by atoms with Crippen molar-refractivity contribution in [2.75, 3.05) is 12.4 Å². The van der Waals surface area contributed by atoms with Crippen molar-refractivity contribution in [2.24, 2.45) is 23.7 Å². The first-order valence-corrected chi connectivity index (χ1v) is 11.0. The first-order chi connectivity index (χ1) is 17.5. The molecular formula is C24H24F3N9O. The minimum absolute atomic E-state index is 0.0156. The Balaban J connectivity index is 1.70. The summed E-state index contributed by atoms with van der Waals surface area (Å²) in [6, 6.07) is 15.2. The Morgan fingerprint density at radius 2 is 1.84 bits per heavy atom. The number of rotatable bonds is 7. The highest BCUT2D eigenvalue weighted by Crippen LogP contribution is 2.37. The van der Waals surface area contributed by atoms with Gasteiger partial charge in [-0.3, -0.25) is 9.48 Å². The lowest BCUT2D eigenvalue weighted by Gasteiger charge is -2.14. The van der Waals surface area contributed by atoms with Crippen LogP contribution in [0.15, 0.2) is 72.0 Å². The van der Waals surface area contributed by atoms with Gasteiger partial charge in [-0.1, -0.05) is 18.2 Å². The molecule has 2 heterocycles. The molecule has 37 heavy (non-hydrogen) atoms. The van der Waals surface area contributed by atoms with Crippen molar-refractivity contribution in [1.82, 2.24) is 24.7 Å². The summed E-state index contributed by atoms with van der Waals surface area (Å²) in [6.45, 7) is 0. The van der Waals surface area contributed by atoms with Gasteiger partial charge in [0.05, 0.1) is 29.1 Å². The highest BCUT2D eigenvalue weighted by Gasteiger charge is 2.34. The number of anilines is 1. The molecule has 1 amide bonds. The molecule has 0 aliphatic rings. The van der Waals surface area contributed by atoms with Crippen LogP contribution < -0.4 is 16.9 Å². The van der Waals surface area contributed by atoms with Crippen LogP contribution in [0, 0.1) is 0 Å². The second kappa shape index (κ2) is 10.1. The van der Waals surface area contributed by atoms with Gasteiger partial charge in [-0.25, -0.2) is 15.6 Å². The number of hydrogen-bond donors (Lipinski definition) is 3. The predicted molar refractivity (Wildman–Crippen MR) is 132 cm³/mol. The lowest BCUT2D eigenvalue weighted by atomic mass is 10.0. The van der Waals surface area contributed by atoms with Gasteiger partial charge < -0.3 is 11.1 Å². The number of hydrazine groups is 1. The molecule has 10 nitrogen and oxygen atoms in total. The Kier molecular flexibility index (Phi) is 6.98. The van der Waals surface area contributed by atoms with Gasteiger partial charge in [0.1, 0.15) is 11.7 Å². The lowest BCUT2D eigenvalue weighted by molar-refractivity contribution is -0.137. The van der Waals surface area contributed by atoms with Crippen molar-refractivity contribution in [3.05, 3.63) is 83.7 Å². The maximum absolute atomic E-state index is 13.7. The number of amidine groups is 1. The standard InChI is InChI=1S/C24H24F3N9O/c1-34-11-10-20(32-34)18-12-15(8-9-19(18)24(25,26)27)23(37)30-22-14-16(13-21(28)33-35(2)29)31-36(22)17-6-4-3-5-7-17/h3-12,14H,13,29H2,1-2H3,(H2,28,33)(H,30,37). The van der Waals surface area contributed by atoms with Crippen LogP contribution in [-0.2, 0) is 19.6 Å². The number of aryl methyl sites for hydroxylation is 1. The third kappa shape index (κ3) is 5.95. The Morgan fingerprint density at radius 1 is 1.11 bits per heavy atom. The minimum atomic E-state index is -4.62. The summed E-state index contributed by atoms with van der Waals surface area (Å²) in [7, 11) is 3.11. The lowest BCUT2D eigenvalue weighted by Crippen LogP contribution is -2.26. The number of amides is 1. The van der Waals surface area contributed by atoms with Crippen molar-refractivity contribution in [3.63, 3.8) is 0 Å². The molecule has 0 fully saturated rings. The van der Waals surface area contributed by atoms with E-state index >= 15 is 0 Å². The van der Waals surface area contributed by atoms with Crippen molar-refractivity contribution < 1.29 is 18.0 Å². The van der Waals surface area contributed by atoms with Gasteiger partial charge in [-0.15, -0.1) is 5.10 Å². The predicted octanol–water partition coefficient (Wildman–Crippen LogP) is 3.16. The number of para-hydroxylation sites is 1. The van der Waals surface area contributed by atoms with E-state index in [2.05, 4.69) is 20.6 Å². The van der Waals surface area contributed by atoms with Crippen LogP contribution in [0.4, 0.5) is 19.0 Å². The van der Waals surface area contributed by atoms with Crippen molar-refractivity contribution in [3.8, 4) is 16.9 Å². The first-order valence-electron chi connectivity index (χ1n) is 11.0. The van der Waals surface area contributed by atoms with E-state index in [0.29, 0.717) is 17.2 Å². The molecule has 192 valence electrons. The summed E-state index contributed by atoms with van der Waals surface area (Å²) < 4.78 is 43.9. The fourth-order valence-electron chi connectivity index (χ4n) is 3.69. The van der Waals surface area contributed by atoms with Crippen LogP contribution in [0.1, 0.15) is 21.6 Å². The molecule has 0 radical (unpaired) electrons. The van der Waals surface area contributed by atoms with Crippen LogP contribution in [0.25, 0.3) is 16.9 Å². The van der Waals surface area contributed by atoms with Crippen LogP contribution in [0.5, 0.6) is 0 Å². The van der Waals surface area contributed by atoms with Gasteiger partial charge >= 0.3 is 6.18 Å². The first kappa shape index (κ1) is 25.4. The SMILES string of the molecule is CN(N)/N=C(\N)Cc1cc(NC(=O)c2ccc(C(F)(F)F)c(-c3ccn(C)n3)c2)n(-c2ccccc2)n1. The van der Waals surface area contributed by atoms with E-state index in [9.17, 15) is 18.0 Å². The Bertz CT molecular complexity index is 1440. The molecule has 2 aromatic carbocycles. The second-order valence-corrected chi connectivity index (χ2v) is 8.20. The number of hydrogen-bond acceptors (Lipinski definition) is 6. The smallest absolute Gasteiger partial charge is 0.385 e. The van der Waals surface area contributed by atoms with Crippen molar-refractivity contribution in [2.45, 2.75) is 12.6 Å². The van der Waals surface area contributed by atoms with Gasteiger partial charge in [-0.2, -0.15) is 23.4 Å². The van der Waals surface area contributed by atoms with Crippen LogP contribution in [0.2, 0.25) is 0 Å². The molecule has 0 spiro atoms. The summed E-state index contributed by atoms with van der Waals surface area (Å²) in [4.78, 5) is 13.2. The zero-order valence-corrected chi connectivity index (χ0v) is 19.9. The van der Waals surface area contributed by atoms with E-state index in [1.165, 1.54) is 34.7 Å². The average molecular weight is 512 g/mol. The highest BCUT2D eigenvalue weighted by molar-refractivity contribution is 6.05. The fraction of sp³-hybridized carbons (Fsp3) is 0.167. The van der Waals surface area contributed by atoms with Gasteiger partial charge in [0.15, 0.2) is 0 Å². The zero-order chi connectivity index (χ0) is 26.7. The normalized spacial score (nSPS) is 12.0. The molecule has 0 atom stereocenters. The summed E-state index contributed by atoms with van der Waals surface area (Å²) in [6.07, 6.45) is -2.95. The number of nitrogens with one attached hydrogen (secondary N) is 1. The largest absolute Gasteiger partial charge is 0.417 e. The van der Waals surface area contributed by atoms with E-state index in [-0.39, 0.29) is 29.1 Å². The van der Waals surface area contributed by atoms with E-state index in [0.717, 1.165) is 17.3 Å². The van der Waals surface area contributed by atoms with E-state index < -0.39 is 17.6 Å². The number of alkyl halides is 3.